The highest BCUT2D eigenvalue weighted by Crippen LogP contribution is 2.54. The van der Waals surface area contributed by atoms with Crippen LogP contribution in [0.5, 0.6) is 0 Å². The molecule has 0 unspecified atom stereocenters. The fourth-order valence-electron chi connectivity index (χ4n) is 3.77. The van der Waals surface area contributed by atoms with E-state index in [4.69, 9.17) is 5.26 Å². The molecule has 0 bridgehead atoms. The van der Waals surface area contributed by atoms with Crippen LogP contribution in [0.15, 0.2) is 11.6 Å². The smallest absolute Gasteiger partial charge is 0.178 e. The van der Waals surface area contributed by atoms with E-state index in [0.717, 1.165) is 12.8 Å². The number of aliphatic hydroxyl groups excluding tert-OH is 1. The Bertz CT molecular complexity index is 430. The molecule has 0 aromatic rings. The molecule has 92 valence electrons. The molecule has 0 heterocycles. The molecule has 1 N–H and O–H groups in total. The van der Waals surface area contributed by atoms with Crippen LogP contribution in [0.3, 0.4) is 0 Å². The molecule has 0 aromatic heterocycles. The lowest BCUT2D eigenvalue weighted by molar-refractivity contribution is -0.132. The Kier molecular flexibility index (Phi) is 2.67. The molecule has 1 fully saturated rings. The van der Waals surface area contributed by atoms with Crippen molar-refractivity contribution in [3.05, 3.63) is 11.6 Å². The summed E-state index contributed by atoms with van der Waals surface area (Å²) in [5, 5.41) is 18.9. The van der Waals surface area contributed by atoms with Gasteiger partial charge in [0.25, 0.3) is 0 Å². The Morgan fingerprint density at radius 3 is 2.65 bits per heavy atom. The Morgan fingerprint density at radius 1 is 1.41 bits per heavy atom. The zero-order valence-electron chi connectivity index (χ0n) is 10.7. The third kappa shape index (κ3) is 1.71. The van der Waals surface area contributed by atoms with E-state index in [9.17, 15) is 9.90 Å². The van der Waals surface area contributed by atoms with Gasteiger partial charge in [0.1, 0.15) is 6.07 Å². The van der Waals surface area contributed by atoms with Gasteiger partial charge in [-0.05, 0) is 30.6 Å². The molecule has 2 rings (SSSR count). The van der Waals surface area contributed by atoms with Crippen molar-refractivity contribution in [2.75, 3.05) is 0 Å². The molecule has 3 atom stereocenters. The van der Waals surface area contributed by atoms with Crippen LogP contribution in [0.1, 0.15) is 40.0 Å². The first-order chi connectivity index (χ1) is 7.81. The second-order valence-corrected chi connectivity index (χ2v) is 6.21. The summed E-state index contributed by atoms with van der Waals surface area (Å²) in [7, 11) is 0. The van der Waals surface area contributed by atoms with Crippen LogP contribution in [0.4, 0.5) is 0 Å². The molecular weight excluding hydrogens is 214 g/mol. The molecule has 0 aromatic carbocycles. The van der Waals surface area contributed by atoms with Crippen LogP contribution >= 0.6 is 0 Å². The van der Waals surface area contributed by atoms with Crippen molar-refractivity contribution in [2.45, 2.75) is 46.1 Å². The molecule has 0 amide bonds. The number of aliphatic hydroxyl groups is 1. The number of nitriles is 1. The number of hydrogen-bond donors (Lipinski definition) is 1. The topological polar surface area (TPSA) is 61.1 Å². The fraction of sp³-hybridized carbons (Fsp3) is 0.714. The van der Waals surface area contributed by atoms with Crippen molar-refractivity contribution >= 4 is 5.78 Å². The number of hydrogen-bond acceptors (Lipinski definition) is 3. The number of rotatable bonds is 0. The standard InChI is InChI=1S/C14H19NO2/c1-13(2)11-5-4-10(16)7-14(11,3)6-9(8-15)12(13)17/h6,10-11,16H,4-5,7H2,1-3H3/t10-,11+,14+/m0/s1. The predicted molar refractivity (Wildman–Crippen MR) is 63.9 cm³/mol. The van der Waals surface area contributed by atoms with E-state index in [-0.39, 0.29) is 28.8 Å². The minimum Gasteiger partial charge on any atom is -0.393 e. The maximum atomic E-state index is 12.2. The summed E-state index contributed by atoms with van der Waals surface area (Å²) in [5.74, 6) is 0.182. The number of carbonyl (C=O) groups excluding carboxylic acids is 1. The summed E-state index contributed by atoms with van der Waals surface area (Å²) in [6.07, 6.45) is 3.75. The first-order valence-corrected chi connectivity index (χ1v) is 6.17. The van der Waals surface area contributed by atoms with Crippen molar-refractivity contribution in [3.63, 3.8) is 0 Å². The van der Waals surface area contributed by atoms with E-state index >= 15 is 0 Å². The average Bonchev–Trinajstić information content (AvgIpc) is 2.23. The van der Waals surface area contributed by atoms with E-state index in [1.165, 1.54) is 0 Å². The lowest BCUT2D eigenvalue weighted by atomic mass is 9.52. The second-order valence-electron chi connectivity index (χ2n) is 6.21. The van der Waals surface area contributed by atoms with Gasteiger partial charge < -0.3 is 5.11 Å². The van der Waals surface area contributed by atoms with Crippen molar-refractivity contribution < 1.29 is 9.90 Å². The molecule has 0 spiro atoms. The van der Waals surface area contributed by atoms with Crippen LogP contribution in [-0.2, 0) is 4.79 Å². The minimum absolute atomic E-state index is 0.0427. The maximum absolute atomic E-state index is 12.2. The van der Waals surface area contributed by atoms with Gasteiger partial charge in [-0.1, -0.05) is 26.8 Å². The van der Waals surface area contributed by atoms with Crippen LogP contribution in [0.25, 0.3) is 0 Å². The highest BCUT2D eigenvalue weighted by atomic mass is 16.3. The Labute approximate surface area is 102 Å². The lowest BCUT2D eigenvalue weighted by Crippen LogP contribution is -2.50. The summed E-state index contributed by atoms with van der Waals surface area (Å²) in [4.78, 5) is 12.2. The Morgan fingerprint density at radius 2 is 2.06 bits per heavy atom. The number of nitrogens with zero attached hydrogens (tertiary/aromatic N) is 1. The van der Waals surface area contributed by atoms with Crippen LogP contribution in [-0.4, -0.2) is 17.0 Å². The summed E-state index contributed by atoms with van der Waals surface area (Å²) in [6.45, 7) is 5.92. The third-order valence-corrected chi connectivity index (χ3v) is 4.56. The van der Waals surface area contributed by atoms with Crippen LogP contribution < -0.4 is 0 Å². The number of Topliss-reactive ketones (excluding diaryl/α,β-unsaturated/α-hetero) is 1. The normalized spacial score (nSPS) is 40.2. The minimum atomic E-state index is -0.491. The zero-order valence-corrected chi connectivity index (χ0v) is 10.7. The molecule has 0 saturated heterocycles. The number of fused-ring (bicyclic) bond motifs is 1. The molecule has 17 heavy (non-hydrogen) atoms. The molecule has 1 saturated carbocycles. The fourth-order valence-corrected chi connectivity index (χ4v) is 3.77. The van der Waals surface area contributed by atoms with Gasteiger partial charge >= 0.3 is 0 Å². The number of ketones is 1. The van der Waals surface area contributed by atoms with E-state index in [1.54, 1.807) is 6.08 Å². The summed E-state index contributed by atoms with van der Waals surface area (Å²) < 4.78 is 0. The van der Waals surface area contributed by atoms with Gasteiger partial charge in [0.2, 0.25) is 0 Å². The highest BCUT2D eigenvalue weighted by molar-refractivity contribution is 6.04. The van der Waals surface area contributed by atoms with E-state index in [2.05, 4.69) is 6.92 Å². The molecule has 0 radical (unpaired) electrons. The van der Waals surface area contributed by atoms with E-state index in [0.29, 0.717) is 6.42 Å². The Hall–Kier alpha value is -1.14. The number of allylic oxidation sites excluding steroid dienone is 2. The highest BCUT2D eigenvalue weighted by Gasteiger charge is 2.53. The maximum Gasteiger partial charge on any atom is 0.178 e. The largest absolute Gasteiger partial charge is 0.393 e. The van der Waals surface area contributed by atoms with Gasteiger partial charge in [0.15, 0.2) is 5.78 Å². The first-order valence-electron chi connectivity index (χ1n) is 6.17. The van der Waals surface area contributed by atoms with Gasteiger partial charge in [0.05, 0.1) is 11.7 Å². The van der Waals surface area contributed by atoms with Gasteiger partial charge in [-0.3, -0.25) is 4.79 Å². The van der Waals surface area contributed by atoms with Gasteiger partial charge in [-0.25, -0.2) is 0 Å². The van der Waals surface area contributed by atoms with Crippen LogP contribution in [0.2, 0.25) is 0 Å². The monoisotopic (exact) mass is 233 g/mol. The summed E-state index contributed by atoms with van der Waals surface area (Å²) in [6, 6.07) is 2.01. The molecular formula is C14H19NO2. The second kappa shape index (κ2) is 3.68. The average molecular weight is 233 g/mol. The van der Waals surface area contributed by atoms with Crippen molar-refractivity contribution in [2.24, 2.45) is 16.7 Å². The summed E-state index contributed by atoms with van der Waals surface area (Å²) in [5.41, 5.74) is -0.447. The molecule has 3 heteroatoms. The SMILES string of the molecule is CC1(C)C(=O)C(C#N)=C[C@]2(C)C[C@@H](O)CC[C@H]12. The van der Waals surface area contributed by atoms with Gasteiger partial charge in [-0.15, -0.1) is 0 Å². The van der Waals surface area contributed by atoms with E-state index in [1.807, 2.05) is 19.9 Å². The van der Waals surface area contributed by atoms with Crippen molar-refractivity contribution in [1.82, 2.24) is 0 Å². The van der Waals surface area contributed by atoms with Crippen molar-refractivity contribution in [3.8, 4) is 6.07 Å². The summed E-state index contributed by atoms with van der Waals surface area (Å²) >= 11 is 0. The molecule has 0 aliphatic heterocycles. The molecule has 2 aliphatic rings. The van der Waals surface area contributed by atoms with Crippen LogP contribution in [0, 0.1) is 28.1 Å². The first kappa shape index (κ1) is 12.3. The van der Waals surface area contributed by atoms with E-state index < -0.39 is 5.41 Å². The number of carbonyl (C=O) groups is 1. The Balaban J connectivity index is 2.51. The zero-order chi connectivity index (χ0) is 12.8. The van der Waals surface area contributed by atoms with Gasteiger partial charge in [-0.2, -0.15) is 5.26 Å². The quantitative estimate of drug-likeness (QED) is 0.697. The van der Waals surface area contributed by atoms with Gasteiger partial charge in [0, 0.05) is 5.41 Å². The van der Waals surface area contributed by atoms with Crippen molar-refractivity contribution in [1.29, 1.82) is 5.26 Å². The molecule has 2 aliphatic carbocycles. The third-order valence-electron chi connectivity index (χ3n) is 4.56. The lowest BCUT2D eigenvalue weighted by Gasteiger charge is -2.51. The predicted octanol–water partition coefficient (Wildman–Crippen LogP) is 2.21. The molecule has 3 nitrogen and oxygen atoms in total.